The molecule has 0 fully saturated rings. The smallest absolute Gasteiger partial charge is 0.325 e. The molecule has 0 aliphatic rings. The fourth-order valence-electron chi connectivity index (χ4n) is 2.15. The van der Waals surface area contributed by atoms with Gasteiger partial charge in [0.15, 0.2) is 0 Å². The van der Waals surface area contributed by atoms with Crippen molar-refractivity contribution in [2.45, 2.75) is 19.4 Å². The molecule has 4 nitrogen and oxygen atoms in total. The van der Waals surface area contributed by atoms with Gasteiger partial charge in [-0.05, 0) is 31.0 Å². The van der Waals surface area contributed by atoms with Gasteiger partial charge in [0.2, 0.25) is 0 Å². The van der Waals surface area contributed by atoms with Crippen molar-refractivity contribution in [3.63, 3.8) is 0 Å². The van der Waals surface area contributed by atoms with Gasteiger partial charge in [0.05, 0.1) is 7.11 Å². The molecule has 0 bridgehead atoms. The van der Waals surface area contributed by atoms with Gasteiger partial charge in [0.1, 0.15) is 6.54 Å². The summed E-state index contributed by atoms with van der Waals surface area (Å²) in [5.74, 6) is -0.235. The Morgan fingerprint density at radius 1 is 1.39 bits per heavy atom. The Hall–Kier alpha value is -1.81. The van der Waals surface area contributed by atoms with E-state index in [0.29, 0.717) is 6.54 Å². The number of nitrogens with zero attached hydrogens (tertiary/aromatic N) is 1. The fraction of sp³-hybridized carbons (Fsp3) is 0.357. The van der Waals surface area contributed by atoms with Crippen LogP contribution in [0.2, 0.25) is 0 Å². The minimum absolute atomic E-state index is 0.235. The number of carbonyl (C=O) groups is 1. The molecule has 1 aromatic carbocycles. The number of para-hydroxylation sites is 1. The van der Waals surface area contributed by atoms with Crippen LogP contribution in [0.4, 0.5) is 0 Å². The lowest BCUT2D eigenvalue weighted by Gasteiger charge is -2.02. The van der Waals surface area contributed by atoms with E-state index in [2.05, 4.69) is 6.07 Å². The maximum atomic E-state index is 11.4. The highest BCUT2D eigenvalue weighted by Gasteiger charge is 2.10. The number of methoxy groups -OCH3 is 1. The zero-order valence-corrected chi connectivity index (χ0v) is 10.6. The first-order chi connectivity index (χ1) is 8.76. The first-order valence-electron chi connectivity index (χ1n) is 6.10. The van der Waals surface area contributed by atoms with Gasteiger partial charge in [-0.2, -0.15) is 0 Å². The number of rotatable bonds is 5. The quantitative estimate of drug-likeness (QED) is 0.817. The van der Waals surface area contributed by atoms with Crippen molar-refractivity contribution >= 4 is 16.9 Å². The minimum Gasteiger partial charge on any atom is -0.468 e. The van der Waals surface area contributed by atoms with E-state index in [1.165, 1.54) is 18.1 Å². The summed E-state index contributed by atoms with van der Waals surface area (Å²) in [6.07, 6.45) is 3.91. The molecule has 0 aliphatic carbocycles. The SMILES string of the molecule is COC(=O)Cn1cc(CCCN)c2ccccc21. The molecular formula is C14H18N2O2. The van der Waals surface area contributed by atoms with Crippen molar-refractivity contribution in [1.29, 1.82) is 0 Å². The molecule has 0 amide bonds. The van der Waals surface area contributed by atoms with Crippen LogP contribution in [-0.2, 0) is 22.5 Å². The molecule has 2 aromatic rings. The number of fused-ring (bicyclic) bond motifs is 1. The number of esters is 1. The third-order valence-electron chi connectivity index (χ3n) is 3.05. The molecule has 0 saturated heterocycles. The van der Waals surface area contributed by atoms with E-state index in [4.69, 9.17) is 10.5 Å². The second kappa shape index (κ2) is 5.69. The zero-order valence-electron chi connectivity index (χ0n) is 10.6. The van der Waals surface area contributed by atoms with Crippen molar-refractivity contribution in [3.8, 4) is 0 Å². The molecule has 18 heavy (non-hydrogen) atoms. The molecule has 0 radical (unpaired) electrons. The number of aromatic nitrogens is 1. The minimum atomic E-state index is -0.235. The molecule has 0 spiro atoms. The summed E-state index contributed by atoms with van der Waals surface area (Å²) in [5.41, 5.74) is 7.85. The summed E-state index contributed by atoms with van der Waals surface area (Å²) in [4.78, 5) is 11.4. The van der Waals surface area contributed by atoms with E-state index in [9.17, 15) is 4.79 Å². The Morgan fingerprint density at radius 2 is 2.17 bits per heavy atom. The normalized spacial score (nSPS) is 10.8. The Kier molecular flexibility index (Phi) is 3.99. The average molecular weight is 246 g/mol. The molecule has 1 aromatic heterocycles. The molecule has 2 rings (SSSR count). The van der Waals surface area contributed by atoms with E-state index in [0.717, 1.165) is 18.4 Å². The van der Waals surface area contributed by atoms with Crippen LogP contribution in [0.1, 0.15) is 12.0 Å². The van der Waals surface area contributed by atoms with E-state index in [1.54, 1.807) is 0 Å². The predicted molar refractivity (Wildman–Crippen MR) is 71.3 cm³/mol. The second-order valence-corrected chi connectivity index (χ2v) is 4.27. The first kappa shape index (κ1) is 12.6. The summed E-state index contributed by atoms with van der Waals surface area (Å²) in [6.45, 7) is 0.927. The summed E-state index contributed by atoms with van der Waals surface area (Å²) in [6, 6.07) is 8.08. The maximum absolute atomic E-state index is 11.4. The molecule has 0 aliphatic heterocycles. The third kappa shape index (κ3) is 2.54. The Labute approximate surface area is 106 Å². The van der Waals surface area contributed by atoms with Crippen LogP contribution in [0, 0.1) is 0 Å². The molecule has 0 atom stereocenters. The lowest BCUT2D eigenvalue weighted by Crippen LogP contribution is -2.10. The predicted octanol–water partition coefficient (Wildman–Crippen LogP) is 1.71. The highest BCUT2D eigenvalue weighted by atomic mass is 16.5. The maximum Gasteiger partial charge on any atom is 0.325 e. The topological polar surface area (TPSA) is 57.2 Å². The molecular weight excluding hydrogens is 228 g/mol. The lowest BCUT2D eigenvalue weighted by molar-refractivity contribution is -0.141. The molecule has 0 unspecified atom stereocenters. The van der Waals surface area contributed by atoms with Gasteiger partial charge >= 0.3 is 5.97 Å². The summed E-state index contributed by atoms with van der Waals surface area (Å²) in [7, 11) is 1.41. The zero-order chi connectivity index (χ0) is 13.0. The molecule has 0 saturated carbocycles. The van der Waals surface area contributed by atoms with Crippen LogP contribution < -0.4 is 5.73 Å². The Balaban J connectivity index is 2.37. The summed E-state index contributed by atoms with van der Waals surface area (Å²) >= 11 is 0. The van der Waals surface area contributed by atoms with Crippen LogP contribution in [0.25, 0.3) is 10.9 Å². The van der Waals surface area contributed by atoms with Crippen LogP contribution in [-0.4, -0.2) is 24.2 Å². The number of hydrogen-bond acceptors (Lipinski definition) is 3. The number of carbonyl (C=O) groups excluding carboxylic acids is 1. The van der Waals surface area contributed by atoms with Crippen molar-refractivity contribution in [3.05, 3.63) is 36.0 Å². The number of nitrogens with two attached hydrogens (primary N) is 1. The lowest BCUT2D eigenvalue weighted by atomic mass is 10.1. The Morgan fingerprint density at radius 3 is 2.89 bits per heavy atom. The van der Waals surface area contributed by atoms with Crippen LogP contribution >= 0.6 is 0 Å². The van der Waals surface area contributed by atoms with Gasteiger partial charge in [-0.25, -0.2) is 0 Å². The fourth-order valence-corrected chi connectivity index (χ4v) is 2.15. The molecule has 2 N–H and O–H groups in total. The van der Waals surface area contributed by atoms with Crippen LogP contribution in [0.15, 0.2) is 30.5 Å². The van der Waals surface area contributed by atoms with E-state index in [1.807, 2.05) is 29.0 Å². The standard InChI is InChI=1S/C14H18N2O2/c1-18-14(17)10-16-9-11(5-4-8-15)12-6-2-3-7-13(12)16/h2-3,6-7,9H,4-5,8,10,15H2,1H3. The largest absolute Gasteiger partial charge is 0.468 e. The van der Waals surface area contributed by atoms with Gasteiger partial charge < -0.3 is 15.0 Å². The van der Waals surface area contributed by atoms with E-state index in [-0.39, 0.29) is 12.5 Å². The van der Waals surface area contributed by atoms with Crippen molar-refractivity contribution in [2.75, 3.05) is 13.7 Å². The number of aryl methyl sites for hydroxylation is 1. The van der Waals surface area contributed by atoms with Crippen LogP contribution in [0.3, 0.4) is 0 Å². The Bertz CT molecular complexity index is 546. The van der Waals surface area contributed by atoms with Crippen LogP contribution in [0.5, 0.6) is 0 Å². The van der Waals surface area contributed by atoms with E-state index >= 15 is 0 Å². The van der Waals surface area contributed by atoms with Crippen molar-refractivity contribution < 1.29 is 9.53 Å². The highest BCUT2D eigenvalue weighted by molar-refractivity contribution is 5.85. The van der Waals surface area contributed by atoms with Gasteiger partial charge in [0, 0.05) is 17.1 Å². The highest BCUT2D eigenvalue weighted by Crippen LogP contribution is 2.22. The van der Waals surface area contributed by atoms with Gasteiger partial charge in [-0.15, -0.1) is 0 Å². The second-order valence-electron chi connectivity index (χ2n) is 4.27. The first-order valence-corrected chi connectivity index (χ1v) is 6.10. The van der Waals surface area contributed by atoms with Gasteiger partial charge in [-0.1, -0.05) is 18.2 Å². The average Bonchev–Trinajstić information content (AvgIpc) is 2.75. The van der Waals surface area contributed by atoms with Gasteiger partial charge in [-0.3, -0.25) is 4.79 Å². The van der Waals surface area contributed by atoms with Crippen molar-refractivity contribution in [1.82, 2.24) is 4.57 Å². The molecule has 4 heteroatoms. The summed E-state index contributed by atoms with van der Waals surface area (Å²) in [5, 5.41) is 1.19. The number of benzene rings is 1. The van der Waals surface area contributed by atoms with Crippen molar-refractivity contribution in [2.24, 2.45) is 5.73 Å². The molecule has 96 valence electrons. The monoisotopic (exact) mass is 246 g/mol. The summed E-state index contributed by atoms with van der Waals surface area (Å²) < 4.78 is 6.65. The van der Waals surface area contributed by atoms with Gasteiger partial charge in [0.25, 0.3) is 0 Å². The third-order valence-corrected chi connectivity index (χ3v) is 3.05. The molecule has 1 heterocycles. The van der Waals surface area contributed by atoms with E-state index < -0.39 is 0 Å². The number of hydrogen-bond donors (Lipinski definition) is 1. The number of ether oxygens (including phenoxy) is 1.